The second-order valence-electron chi connectivity index (χ2n) is 7.51. The number of nitrogens with zero attached hydrogens (tertiary/aromatic N) is 4. The van der Waals surface area contributed by atoms with Crippen molar-refractivity contribution in [1.82, 2.24) is 20.0 Å². The largest absolute Gasteiger partial charge is 0.370 e. The maximum Gasteiger partial charge on any atom is 0.230 e. The van der Waals surface area contributed by atoms with Gasteiger partial charge in [-0.15, -0.1) is 0 Å². The minimum atomic E-state index is -0.511. The van der Waals surface area contributed by atoms with Crippen LogP contribution in [0.4, 0.5) is 9.52 Å². The average Bonchev–Trinajstić information content (AvgIpc) is 3.29. The number of thiazole rings is 1. The van der Waals surface area contributed by atoms with Gasteiger partial charge in [0.15, 0.2) is 11.0 Å². The van der Waals surface area contributed by atoms with Gasteiger partial charge in [-0.2, -0.15) is 14.4 Å². The number of nitrogens with one attached hydrogen (secondary N) is 1. The number of hydrogen-bond donors (Lipinski definition) is 1. The lowest BCUT2D eigenvalue weighted by Crippen LogP contribution is -2.42. The summed E-state index contributed by atoms with van der Waals surface area (Å²) in [6.07, 6.45) is 4.09. The van der Waals surface area contributed by atoms with Crippen LogP contribution in [0.15, 0.2) is 4.52 Å². The summed E-state index contributed by atoms with van der Waals surface area (Å²) in [5, 5.41) is 6.82. The topological polar surface area (TPSA) is 93.4 Å². The van der Waals surface area contributed by atoms with Gasteiger partial charge >= 0.3 is 0 Å². The second kappa shape index (κ2) is 8.22. The van der Waals surface area contributed by atoms with E-state index in [1.807, 2.05) is 0 Å². The number of carbonyl (C=O) groups is 1. The Balaban J connectivity index is 1.26. The molecule has 1 N–H and O–H groups in total. The number of carbonyl (C=O) groups excluding carboxylic acids is 1. The molecule has 2 fully saturated rings. The predicted molar refractivity (Wildman–Crippen MR) is 100 cm³/mol. The molecule has 1 saturated heterocycles. The van der Waals surface area contributed by atoms with Crippen LogP contribution in [0.1, 0.15) is 62.0 Å². The lowest BCUT2D eigenvalue weighted by atomic mass is 10.0. The number of anilines is 1. The van der Waals surface area contributed by atoms with Crippen LogP contribution in [-0.2, 0) is 22.7 Å². The molecule has 1 aliphatic heterocycles. The van der Waals surface area contributed by atoms with Crippen LogP contribution in [0.5, 0.6) is 0 Å². The summed E-state index contributed by atoms with van der Waals surface area (Å²) in [6.45, 7) is 5.14. The van der Waals surface area contributed by atoms with Gasteiger partial charge in [-0.25, -0.2) is 0 Å². The van der Waals surface area contributed by atoms with E-state index < -0.39 is 5.95 Å². The molecular weight excluding hydrogens is 385 g/mol. The molecule has 8 nitrogen and oxygen atoms in total. The molecule has 0 radical (unpaired) electrons. The van der Waals surface area contributed by atoms with Crippen molar-refractivity contribution in [2.24, 2.45) is 0 Å². The molecule has 152 valence electrons. The van der Waals surface area contributed by atoms with Crippen LogP contribution in [0.2, 0.25) is 0 Å². The van der Waals surface area contributed by atoms with Crippen molar-refractivity contribution in [2.75, 3.05) is 11.9 Å². The van der Waals surface area contributed by atoms with Crippen LogP contribution >= 0.6 is 11.3 Å². The predicted octanol–water partition coefficient (Wildman–Crippen LogP) is 3.07. The summed E-state index contributed by atoms with van der Waals surface area (Å²) in [4.78, 5) is 22.0. The van der Waals surface area contributed by atoms with Crippen molar-refractivity contribution in [3.63, 3.8) is 0 Å². The third-order valence-corrected chi connectivity index (χ3v) is 6.03. The molecular formula is C18H24FN5O3S. The van der Waals surface area contributed by atoms with Crippen LogP contribution in [0.25, 0.3) is 0 Å². The first-order valence-electron chi connectivity index (χ1n) is 9.59. The van der Waals surface area contributed by atoms with E-state index in [1.54, 1.807) is 0 Å². The molecule has 2 aromatic rings. The number of rotatable bonds is 7. The van der Waals surface area contributed by atoms with E-state index in [-0.39, 0.29) is 18.1 Å². The van der Waals surface area contributed by atoms with Gasteiger partial charge in [0.25, 0.3) is 0 Å². The van der Waals surface area contributed by atoms with Gasteiger partial charge in [-0.3, -0.25) is 9.69 Å². The van der Waals surface area contributed by atoms with E-state index in [4.69, 9.17) is 9.26 Å². The molecule has 4 rings (SSSR count). The summed E-state index contributed by atoms with van der Waals surface area (Å²) < 4.78 is 25.3. The fourth-order valence-corrected chi connectivity index (χ4v) is 4.31. The van der Waals surface area contributed by atoms with Crippen LogP contribution in [0, 0.1) is 5.95 Å². The van der Waals surface area contributed by atoms with Gasteiger partial charge in [0.1, 0.15) is 6.61 Å². The number of hydrogen-bond acceptors (Lipinski definition) is 8. The number of piperidine rings is 1. The van der Waals surface area contributed by atoms with Crippen molar-refractivity contribution in [2.45, 2.75) is 70.7 Å². The summed E-state index contributed by atoms with van der Waals surface area (Å²) in [7, 11) is 0. The fourth-order valence-electron chi connectivity index (χ4n) is 3.40. The van der Waals surface area contributed by atoms with E-state index in [2.05, 4.69) is 32.3 Å². The van der Waals surface area contributed by atoms with Crippen LogP contribution in [0.3, 0.4) is 0 Å². The Morgan fingerprint density at radius 3 is 2.93 bits per heavy atom. The number of likely N-dealkylation sites (tertiary alicyclic amines) is 1. The Labute approximate surface area is 166 Å². The van der Waals surface area contributed by atoms with Crippen LogP contribution < -0.4 is 5.32 Å². The number of aromatic nitrogens is 3. The normalized spacial score (nSPS) is 23.1. The Bertz CT molecular complexity index is 837. The van der Waals surface area contributed by atoms with Crippen molar-refractivity contribution in [3.05, 3.63) is 22.5 Å². The third-order valence-electron chi connectivity index (χ3n) is 5.10. The fraction of sp³-hybridized carbons (Fsp3) is 0.667. The van der Waals surface area contributed by atoms with Gasteiger partial charge in [-0.1, -0.05) is 16.5 Å². The minimum Gasteiger partial charge on any atom is -0.370 e. The second-order valence-corrected chi connectivity index (χ2v) is 8.60. The van der Waals surface area contributed by atoms with Gasteiger partial charge in [0, 0.05) is 32.0 Å². The molecule has 10 heteroatoms. The highest BCUT2D eigenvalue weighted by Crippen LogP contribution is 2.38. The zero-order valence-electron chi connectivity index (χ0n) is 16.0. The number of amides is 1. The summed E-state index contributed by atoms with van der Waals surface area (Å²) in [6, 6.07) is 0.247. The van der Waals surface area contributed by atoms with Gasteiger partial charge in [0.2, 0.25) is 17.7 Å². The van der Waals surface area contributed by atoms with Crippen LogP contribution in [-0.4, -0.2) is 44.6 Å². The lowest BCUT2D eigenvalue weighted by Gasteiger charge is -2.37. The first-order valence-corrected chi connectivity index (χ1v) is 10.4. The zero-order chi connectivity index (χ0) is 19.7. The van der Waals surface area contributed by atoms with Crippen molar-refractivity contribution in [3.8, 4) is 0 Å². The number of ether oxygens (including phenoxy) is 1. The lowest BCUT2D eigenvalue weighted by molar-refractivity contribution is -0.114. The molecule has 1 amide bonds. The average molecular weight is 409 g/mol. The highest BCUT2D eigenvalue weighted by atomic mass is 32.1. The third kappa shape index (κ3) is 4.73. The summed E-state index contributed by atoms with van der Waals surface area (Å²) in [5.74, 6) is 1.02. The highest BCUT2D eigenvalue weighted by Gasteiger charge is 2.30. The minimum absolute atomic E-state index is 0.121. The first kappa shape index (κ1) is 19.4. The van der Waals surface area contributed by atoms with E-state index in [0.717, 1.165) is 38.1 Å². The highest BCUT2D eigenvalue weighted by molar-refractivity contribution is 7.15. The van der Waals surface area contributed by atoms with E-state index in [0.29, 0.717) is 34.9 Å². The maximum absolute atomic E-state index is 14.1. The molecule has 0 bridgehead atoms. The zero-order valence-corrected chi connectivity index (χ0v) is 16.8. The molecule has 2 aromatic heterocycles. The molecule has 1 aliphatic carbocycles. The standard InChI is InChI=1S/C18H24FN5O3S/c1-10-7-13(26-9-15-21-17(27-23-15)12-3-4-12)5-6-24(10)8-14-16(19)22-18(28-14)20-11(2)25/h10,12-13H,3-9H2,1-2H3,(H,20,22,25)/t10-,13-/m0/s1. The Morgan fingerprint density at radius 2 is 2.21 bits per heavy atom. The van der Waals surface area contributed by atoms with Gasteiger partial charge in [0.05, 0.1) is 11.0 Å². The van der Waals surface area contributed by atoms with Gasteiger partial charge in [-0.05, 0) is 32.6 Å². The Hall–Kier alpha value is -1.91. The molecule has 3 heterocycles. The van der Waals surface area contributed by atoms with Crippen molar-refractivity contribution < 1.29 is 18.4 Å². The molecule has 2 atom stereocenters. The smallest absolute Gasteiger partial charge is 0.230 e. The van der Waals surface area contributed by atoms with Crippen molar-refractivity contribution in [1.29, 1.82) is 0 Å². The Morgan fingerprint density at radius 1 is 1.39 bits per heavy atom. The van der Waals surface area contributed by atoms with E-state index >= 15 is 0 Å². The number of halogens is 1. The SMILES string of the molecule is CC(=O)Nc1nc(F)c(CN2CC[C@H](OCc3noc(C4CC4)n3)C[C@@H]2C)s1. The van der Waals surface area contributed by atoms with Crippen molar-refractivity contribution >= 4 is 22.4 Å². The van der Waals surface area contributed by atoms with E-state index in [1.165, 1.54) is 18.3 Å². The Kier molecular flexibility index (Phi) is 5.70. The van der Waals surface area contributed by atoms with E-state index in [9.17, 15) is 9.18 Å². The molecule has 2 aliphatic rings. The molecule has 0 spiro atoms. The molecule has 0 aromatic carbocycles. The summed E-state index contributed by atoms with van der Waals surface area (Å²) >= 11 is 1.18. The quantitative estimate of drug-likeness (QED) is 0.751. The molecule has 0 unspecified atom stereocenters. The maximum atomic E-state index is 14.1. The monoisotopic (exact) mass is 409 g/mol. The molecule has 28 heavy (non-hydrogen) atoms. The summed E-state index contributed by atoms with van der Waals surface area (Å²) in [5.41, 5.74) is 0. The molecule has 1 saturated carbocycles. The van der Waals surface area contributed by atoms with Gasteiger partial charge < -0.3 is 14.6 Å². The first-order chi connectivity index (χ1) is 13.5.